The number of aromatic hydroxyl groups is 2. The molecule has 0 bridgehead atoms. The smallest absolute Gasteiger partial charge is 0.259 e. The van der Waals surface area contributed by atoms with Gasteiger partial charge in [0.2, 0.25) is 17.8 Å². The maximum atomic E-state index is 12.6. The Morgan fingerprint density at radius 3 is 1.86 bits per heavy atom. The molecule has 37 heavy (non-hydrogen) atoms. The number of carbonyl (C=O) groups excluding carboxylic acids is 1. The Kier molecular flexibility index (Phi) is 7.25. The van der Waals surface area contributed by atoms with E-state index in [2.05, 4.69) is 20.4 Å². The molecule has 0 saturated carbocycles. The number of phenolic OH excluding ortho intramolecular Hbond substituents is 2. The highest BCUT2D eigenvalue weighted by Crippen LogP contribution is 2.30. The van der Waals surface area contributed by atoms with E-state index in [1.807, 2.05) is 12.1 Å². The van der Waals surface area contributed by atoms with Crippen molar-refractivity contribution in [3.05, 3.63) is 47.5 Å². The topological polar surface area (TPSA) is 127 Å². The van der Waals surface area contributed by atoms with E-state index in [9.17, 15) is 15.0 Å². The van der Waals surface area contributed by atoms with Gasteiger partial charge in [0.25, 0.3) is 5.91 Å². The number of piperidine rings is 2. The Morgan fingerprint density at radius 2 is 1.30 bits per heavy atom. The number of carbonyl (C=O) groups is 1. The highest BCUT2D eigenvalue weighted by Gasteiger charge is 2.21. The molecule has 0 unspecified atom stereocenters. The Hall–Kier alpha value is -4.08. The largest absolute Gasteiger partial charge is 0.508 e. The van der Waals surface area contributed by atoms with Gasteiger partial charge in [0.1, 0.15) is 11.5 Å². The fraction of sp³-hybridized carbons (Fsp3) is 0.407. The van der Waals surface area contributed by atoms with E-state index >= 15 is 0 Å². The lowest BCUT2D eigenvalue weighted by Gasteiger charge is -2.30. The van der Waals surface area contributed by atoms with Gasteiger partial charge < -0.3 is 30.6 Å². The summed E-state index contributed by atoms with van der Waals surface area (Å²) >= 11 is 0. The highest BCUT2D eigenvalue weighted by atomic mass is 16.3. The van der Waals surface area contributed by atoms with Gasteiger partial charge >= 0.3 is 0 Å². The minimum atomic E-state index is -0.462. The Balaban J connectivity index is 1.32. The van der Waals surface area contributed by atoms with Crippen LogP contribution in [0, 0.1) is 6.92 Å². The summed E-state index contributed by atoms with van der Waals surface area (Å²) in [7, 11) is 0. The van der Waals surface area contributed by atoms with Crippen molar-refractivity contribution in [3.8, 4) is 11.5 Å². The first-order chi connectivity index (χ1) is 18.0. The second-order valence-electron chi connectivity index (χ2n) is 9.62. The molecular formula is C27H33N7O3. The molecule has 0 atom stereocenters. The first-order valence-corrected chi connectivity index (χ1v) is 12.9. The summed E-state index contributed by atoms with van der Waals surface area (Å²) in [5.74, 6) is 1.17. The number of anilines is 5. The van der Waals surface area contributed by atoms with Crippen molar-refractivity contribution in [3.63, 3.8) is 0 Å². The second-order valence-corrected chi connectivity index (χ2v) is 9.62. The summed E-state index contributed by atoms with van der Waals surface area (Å²) in [4.78, 5) is 31.4. The molecule has 0 radical (unpaired) electrons. The molecule has 2 saturated heterocycles. The standard InChI is InChI=1S/C27H33N7O3/c1-18-22(35)13-12-21(23(18)36)24(37)28-19-8-10-20(11-9-19)29-25-30-26(33-14-4-2-5-15-33)32-27(31-25)34-16-6-3-7-17-34/h8-13,35-36H,2-7,14-17H2,1H3,(H,28,37)(H,29,30,31,32). The zero-order valence-corrected chi connectivity index (χ0v) is 21.1. The molecule has 1 aromatic heterocycles. The highest BCUT2D eigenvalue weighted by molar-refractivity contribution is 6.06. The van der Waals surface area contributed by atoms with Gasteiger partial charge in [0.15, 0.2) is 0 Å². The predicted molar refractivity (Wildman–Crippen MR) is 144 cm³/mol. The number of hydrogen-bond donors (Lipinski definition) is 4. The number of hydrogen-bond acceptors (Lipinski definition) is 9. The van der Waals surface area contributed by atoms with Gasteiger partial charge in [-0.3, -0.25) is 4.79 Å². The molecule has 10 heteroatoms. The molecule has 4 N–H and O–H groups in total. The van der Waals surface area contributed by atoms with Crippen LogP contribution in [0.4, 0.5) is 29.2 Å². The zero-order valence-electron chi connectivity index (χ0n) is 21.1. The van der Waals surface area contributed by atoms with E-state index in [0.717, 1.165) is 57.5 Å². The summed E-state index contributed by atoms with van der Waals surface area (Å²) in [6.45, 7) is 5.36. The van der Waals surface area contributed by atoms with Gasteiger partial charge in [-0.05, 0) is 81.8 Å². The second kappa shape index (κ2) is 10.9. The molecule has 3 heterocycles. The number of amides is 1. The maximum Gasteiger partial charge on any atom is 0.259 e. The van der Waals surface area contributed by atoms with Gasteiger partial charge in [-0.2, -0.15) is 15.0 Å². The normalized spacial score (nSPS) is 15.9. The van der Waals surface area contributed by atoms with Crippen LogP contribution in [0.2, 0.25) is 0 Å². The van der Waals surface area contributed by atoms with E-state index in [1.165, 1.54) is 25.0 Å². The van der Waals surface area contributed by atoms with E-state index in [-0.39, 0.29) is 22.6 Å². The van der Waals surface area contributed by atoms with Gasteiger partial charge in [-0.25, -0.2) is 0 Å². The van der Waals surface area contributed by atoms with Crippen molar-refractivity contribution in [1.82, 2.24) is 15.0 Å². The number of nitrogens with one attached hydrogen (secondary N) is 2. The van der Waals surface area contributed by atoms with Gasteiger partial charge in [-0.15, -0.1) is 0 Å². The molecule has 10 nitrogen and oxygen atoms in total. The van der Waals surface area contributed by atoms with E-state index in [4.69, 9.17) is 15.0 Å². The summed E-state index contributed by atoms with van der Waals surface area (Å²) in [5, 5.41) is 26.0. The average Bonchev–Trinajstić information content (AvgIpc) is 2.93. The quantitative estimate of drug-likeness (QED) is 0.383. The number of nitrogens with zero attached hydrogens (tertiary/aromatic N) is 5. The van der Waals surface area contributed by atoms with Crippen LogP contribution in [-0.2, 0) is 0 Å². The van der Waals surface area contributed by atoms with E-state index in [1.54, 1.807) is 19.1 Å². The Bertz CT molecular complexity index is 1220. The lowest BCUT2D eigenvalue weighted by molar-refractivity contribution is 0.102. The molecular weight excluding hydrogens is 470 g/mol. The van der Waals surface area contributed by atoms with Crippen molar-refractivity contribution in [2.45, 2.75) is 45.4 Å². The van der Waals surface area contributed by atoms with Crippen molar-refractivity contribution in [2.75, 3.05) is 46.6 Å². The third kappa shape index (κ3) is 5.68. The summed E-state index contributed by atoms with van der Waals surface area (Å²) < 4.78 is 0. The fourth-order valence-electron chi connectivity index (χ4n) is 4.72. The van der Waals surface area contributed by atoms with E-state index in [0.29, 0.717) is 23.5 Å². The SMILES string of the molecule is Cc1c(O)ccc(C(=O)Nc2ccc(Nc3nc(N4CCCCC4)nc(N4CCCCC4)n3)cc2)c1O. The number of phenols is 2. The van der Waals surface area contributed by atoms with Crippen LogP contribution < -0.4 is 20.4 Å². The minimum Gasteiger partial charge on any atom is -0.508 e. The van der Waals surface area contributed by atoms with Crippen molar-refractivity contribution in [1.29, 1.82) is 0 Å². The molecule has 3 aromatic rings. The van der Waals surface area contributed by atoms with E-state index < -0.39 is 5.91 Å². The first kappa shape index (κ1) is 24.6. The van der Waals surface area contributed by atoms with Gasteiger partial charge in [-0.1, -0.05) is 0 Å². The molecule has 2 aliphatic heterocycles. The van der Waals surface area contributed by atoms with Crippen LogP contribution in [0.5, 0.6) is 11.5 Å². The number of benzene rings is 2. The Labute approximate surface area is 216 Å². The molecule has 5 rings (SSSR count). The lowest BCUT2D eigenvalue weighted by Crippen LogP contribution is -2.34. The minimum absolute atomic E-state index is 0.0605. The van der Waals surface area contributed by atoms with Crippen LogP contribution in [0.15, 0.2) is 36.4 Å². The van der Waals surface area contributed by atoms with Gasteiger partial charge in [0.05, 0.1) is 5.56 Å². The molecule has 194 valence electrons. The zero-order chi connectivity index (χ0) is 25.8. The maximum absolute atomic E-state index is 12.6. The Morgan fingerprint density at radius 1 is 0.757 bits per heavy atom. The van der Waals surface area contributed by atoms with Crippen LogP contribution in [0.3, 0.4) is 0 Å². The summed E-state index contributed by atoms with van der Waals surface area (Å²) in [5.41, 5.74) is 1.71. The number of aromatic nitrogens is 3. The van der Waals surface area contributed by atoms with Crippen molar-refractivity contribution in [2.24, 2.45) is 0 Å². The fourth-order valence-corrected chi connectivity index (χ4v) is 4.72. The molecule has 1 amide bonds. The van der Waals surface area contributed by atoms with Crippen LogP contribution in [-0.4, -0.2) is 57.3 Å². The van der Waals surface area contributed by atoms with Crippen molar-refractivity contribution < 1.29 is 15.0 Å². The third-order valence-electron chi connectivity index (χ3n) is 6.94. The van der Waals surface area contributed by atoms with Crippen molar-refractivity contribution >= 4 is 35.1 Å². The predicted octanol–water partition coefficient (Wildman–Crippen LogP) is 4.57. The molecule has 0 aliphatic carbocycles. The molecule has 2 fully saturated rings. The number of rotatable bonds is 6. The average molecular weight is 504 g/mol. The van der Waals surface area contributed by atoms with Crippen LogP contribution in [0.1, 0.15) is 54.4 Å². The lowest BCUT2D eigenvalue weighted by atomic mass is 10.1. The molecule has 2 aliphatic rings. The van der Waals surface area contributed by atoms with Crippen LogP contribution >= 0.6 is 0 Å². The third-order valence-corrected chi connectivity index (χ3v) is 6.94. The molecule has 0 spiro atoms. The van der Waals surface area contributed by atoms with Crippen LogP contribution in [0.25, 0.3) is 0 Å². The first-order valence-electron chi connectivity index (χ1n) is 12.9. The van der Waals surface area contributed by atoms with Gasteiger partial charge in [0, 0.05) is 43.1 Å². The summed E-state index contributed by atoms with van der Waals surface area (Å²) in [6, 6.07) is 9.99. The summed E-state index contributed by atoms with van der Waals surface area (Å²) in [6.07, 6.45) is 7.04. The monoisotopic (exact) mass is 503 g/mol. The molecule has 2 aromatic carbocycles.